The van der Waals surface area contributed by atoms with Gasteiger partial charge in [-0.25, -0.2) is 4.98 Å². The van der Waals surface area contributed by atoms with Gasteiger partial charge >= 0.3 is 0 Å². The van der Waals surface area contributed by atoms with E-state index in [0.29, 0.717) is 42.4 Å². The molecular weight excluding hydrogens is 442 g/mol. The van der Waals surface area contributed by atoms with Crippen LogP contribution in [0.25, 0.3) is 10.9 Å². The molecular formula is C27H35N5O3. The summed E-state index contributed by atoms with van der Waals surface area (Å²) < 4.78 is 10.6. The van der Waals surface area contributed by atoms with Crippen LogP contribution in [0.3, 0.4) is 0 Å². The average molecular weight is 478 g/mol. The lowest BCUT2D eigenvalue weighted by Gasteiger charge is -2.29. The van der Waals surface area contributed by atoms with Crippen molar-refractivity contribution < 1.29 is 14.3 Å². The summed E-state index contributed by atoms with van der Waals surface area (Å²) >= 11 is 0. The largest absolute Gasteiger partial charge is 0.493 e. The molecule has 0 aliphatic heterocycles. The van der Waals surface area contributed by atoms with Crippen LogP contribution in [-0.4, -0.2) is 56.8 Å². The zero-order chi connectivity index (χ0) is 24.8. The molecule has 2 N–H and O–H groups in total. The van der Waals surface area contributed by atoms with Gasteiger partial charge in [0.2, 0.25) is 11.9 Å². The number of hydrogen-bond donors (Lipinski definition) is 2. The van der Waals surface area contributed by atoms with Gasteiger partial charge in [0, 0.05) is 32.1 Å². The summed E-state index contributed by atoms with van der Waals surface area (Å²) in [5, 5.41) is 7.71. The van der Waals surface area contributed by atoms with Crippen LogP contribution < -0.4 is 25.0 Å². The second-order valence-corrected chi connectivity index (χ2v) is 9.31. The number of rotatable bonds is 9. The molecule has 1 aliphatic carbocycles. The summed E-state index contributed by atoms with van der Waals surface area (Å²) in [6, 6.07) is 14.0. The summed E-state index contributed by atoms with van der Waals surface area (Å²) in [7, 11) is 7.21. The fourth-order valence-electron chi connectivity index (χ4n) is 4.66. The number of ether oxygens (including phenoxy) is 2. The Hall–Kier alpha value is -3.55. The molecule has 1 fully saturated rings. The third-order valence-electron chi connectivity index (χ3n) is 6.59. The topological polar surface area (TPSA) is 88.6 Å². The van der Waals surface area contributed by atoms with E-state index < -0.39 is 0 Å². The minimum atomic E-state index is 0.0262. The van der Waals surface area contributed by atoms with Gasteiger partial charge in [-0.3, -0.25) is 4.79 Å². The summed E-state index contributed by atoms with van der Waals surface area (Å²) in [5.41, 5.74) is 1.85. The first kappa shape index (κ1) is 24.6. The van der Waals surface area contributed by atoms with Crippen LogP contribution in [0.5, 0.6) is 11.5 Å². The highest BCUT2D eigenvalue weighted by Gasteiger charge is 2.23. The Morgan fingerprint density at radius 3 is 2.46 bits per heavy atom. The quantitative estimate of drug-likeness (QED) is 0.481. The van der Waals surface area contributed by atoms with Gasteiger partial charge in [0.1, 0.15) is 5.82 Å². The molecule has 8 heteroatoms. The minimum Gasteiger partial charge on any atom is -0.493 e. The van der Waals surface area contributed by atoms with Crippen molar-refractivity contribution in [3.63, 3.8) is 0 Å². The molecule has 8 nitrogen and oxygen atoms in total. The Bertz CT molecular complexity index is 1160. The van der Waals surface area contributed by atoms with Crippen molar-refractivity contribution in [2.24, 2.45) is 5.92 Å². The molecule has 186 valence electrons. The number of aromatic nitrogens is 2. The number of para-hydroxylation sites is 1. The van der Waals surface area contributed by atoms with Crippen LogP contribution in [0.1, 0.15) is 31.2 Å². The van der Waals surface area contributed by atoms with Gasteiger partial charge in [-0.05, 0) is 61.4 Å². The predicted octanol–water partition coefficient (Wildman–Crippen LogP) is 4.04. The molecule has 1 saturated carbocycles. The van der Waals surface area contributed by atoms with Gasteiger partial charge < -0.3 is 25.0 Å². The van der Waals surface area contributed by atoms with E-state index in [1.54, 1.807) is 14.2 Å². The van der Waals surface area contributed by atoms with Crippen LogP contribution in [0.4, 0.5) is 11.8 Å². The SMILES string of the molecule is COc1ccc(CC(=O)NC[C@H]2CC[C@@H](Nc3nc(N(C)C)c4ccccc4n3)CC2)cc1OC. The van der Waals surface area contributed by atoms with Crippen molar-refractivity contribution in [3.05, 3.63) is 48.0 Å². The molecule has 0 atom stereocenters. The van der Waals surface area contributed by atoms with Gasteiger partial charge in [0.15, 0.2) is 11.5 Å². The third-order valence-corrected chi connectivity index (χ3v) is 6.59. The smallest absolute Gasteiger partial charge is 0.225 e. The van der Waals surface area contributed by atoms with Crippen LogP contribution >= 0.6 is 0 Å². The zero-order valence-electron chi connectivity index (χ0n) is 21.0. The fourth-order valence-corrected chi connectivity index (χ4v) is 4.66. The van der Waals surface area contributed by atoms with Crippen molar-refractivity contribution in [1.82, 2.24) is 15.3 Å². The highest BCUT2D eigenvalue weighted by molar-refractivity contribution is 5.90. The molecule has 3 aromatic rings. The standard InChI is InChI=1S/C27H35N5O3/c1-32(2)26-21-7-5-6-8-22(21)30-27(31-26)29-20-12-9-18(10-13-20)17-28-25(33)16-19-11-14-23(34-3)24(15-19)35-4/h5-8,11,14-15,18,20H,9-10,12-13,16-17H2,1-4H3,(H,28,33)(H,29,30,31)/t18-,20+. The Labute approximate surface area is 207 Å². The first-order chi connectivity index (χ1) is 17.0. The maximum Gasteiger partial charge on any atom is 0.225 e. The van der Waals surface area contributed by atoms with Gasteiger partial charge in [-0.15, -0.1) is 0 Å². The lowest BCUT2D eigenvalue weighted by atomic mass is 9.86. The van der Waals surface area contributed by atoms with E-state index in [2.05, 4.69) is 16.7 Å². The Morgan fingerprint density at radius 2 is 1.74 bits per heavy atom. The number of amides is 1. The van der Waals surface area contributed by atoms with E-state index in [4.69, 9.17) is 19.4 Å². The Kier molecular flexibility index (Phi) is 7.90. The van der Waals surface area contributed by atoms with E-state index in [9.17, 15) is 4.79 Å². The number of carbonyl (C=O) groups excluding carboxylic acids is 1. The number of methoxy groups -OCH3 is 2. The first-order valence-electron chi connectivity index (χ1n) is 12.1. The molecule has 0 bridgehead atoms. The van der Waals surface area contributed by atoms with E-state index in [1.165, 1.54) is 0 Å². The molecule has 1 aliphatic rings. The van der Waals surface area contributed by atoms with E-state index in [1.807, 2.05) is 55.4 Å². The fraction of sp³-hybridized carbons (Fsp3) is 0.444. The lowest BCUT2D eigenvalue weighted by Crippen LogP contribution is -2.34. The van der Waals surface area contributed by atoms with Crippen molar-refractivity contribution >= 4 is 28.6 Å². The van der Waals surface area contributed by atoms with Gasteiger partial charge in [0.05, 0.1) is 26.2 Å². The van der Waals surface area contributed by atoms with Crippen LogP contribution in [0.2, 0.25) is 0 Å². The molecule has 35 heavy (non-hydrogen) atoms. The minimum absolute atomic E-state index is 0.0262. The molecule has 1 heterocycles. The van der Waals surface area contributed by atoms with E-state index in [-0.39, 0.29) is 5.91 Å². The van der Waals surface area contributed by atoms with Crippen molar-refractivity contribution in [2.45, 2.75) is 38.1 Å². The van der Waals surface area contributed by atoms with Crippen LogP contribution in [-0.2, 0) is 11.2 Å². The van der Waals surface area contributed by atoms with Gasteiger partial charge in [0.25, 0.3) is 0 Å². The maximum atomic E-state index is 12.5. The highest BCUT2D eigenvalue weighted by Crippen LogP contribution is 2.29. The molecule has 1 amide bonds. The number of nitrogens with one attached hydrogen (secondary N) is 2. The van der Waals surface area contributed by atoms with Crippen molar-refractivity contribution in [1.29, 1.82) is 0 Å². The van der Waals surface area contributed by atoms with Crippen LogP contribution in [0.15, 0.2) is 42.5 Å². The van der Waals surface area contributed by atoms with Gasteiger partial charge in [-0.2, -0.15) is 4.98 Å². The average Bonchev–Trinajstić information content (AvgIpc) is 2.87. The first-order valence-corrected chi connectivity index (χ1v) is 12.1. The third kappa shape index (κ3) is 6.12. The number of fused-ring (bicyclic) bond motifs is 1. The van der Waals surface area contributed by atoms with Crippen molar-refractivity contribution in [2.75, 3.05) is 45.1 Å². The number of benzene rings is 2. The van der Waals surface area contributed by atoms with E-state index >= 15 is 0 Å². The highest BCUT2D eigenvalue weighted by atomic mass is 16.5. The van der Waals surface area contributed by atoms with Crippen LogP contribution in [0, 0.1) is 5.92 Å². The predicted molar refractivity (Wildman–Crippen MR) is 139 cm³/mol. The summed E-state index contributed by atoms with van der Waals surface area (Å²) in [6.07, 6.45) is 4.50. The second kappa shape index (κ2) is 11.3. The number of hydrogen-bond acceptors (Lipinski definition) is 7. The van der Waals surface area contributed by atoms with Gasteiger partial charge in [-0.1, -0.05) is 18.2 Å². The number of carbonyl (C=O) groups is 1. The molecule has 0 spiro atoms. The molecule has 2 aromatic carbocycles. The molecule has 4 rings (SSSR count). The molecule has 1 aromatic heterocycles. The number of anilines is 2. The zero-order valence-corrected chi connectivity index (χ0v) is 21.0. The molecule has 0 saturated heterocycles. The van der Waals surface area contributed by atoms with Crippen molar-refractivity contribution in [3.8, 4) is 11.5 Å². The summed E-state index contributed by atoms with van der Waals surface area (Å²) in [5.74, 6) is 3.41. The Balaban J connectivity index is 1.26. The monoisotopic (exact) mass is 477 g/mol. The second-order valence-electron chi connectivity index (χ2n) is 9.31. The Morgan fingerprint density at radius 1 is 1.00 bits per heavy atom. The molecule has 0 unspecified atom stereocenters. The number of nitrogens with zero attached hydrogens (tertiary/aromatic N) is 3. The molecule has 0 radical (unpaired) electrons. The van der Waals surface area contributed by atoms with E-state index in [0.717, 1.165) is 48.0 Å². The summed E-state index contributed by atoms with van der Waals surface area (Å²) in [6.45, 7) is 0.704. The summed E-state index contributed by atoms with van der Waals surface area (Å²) in [4.78, 5) is 24.0. The normalized spacial score (nSPS) is 17.6. The maximum absolute atomic E-state index is 12.5. The lowest BCUT2D eigenvalue weighted by molar-refractivity contribution is -0.120.